The number of ether oxygens (including phenoxy) is 2. The number of amides is 1. The molecule has 1 aromatic heterocycles. The molecule has 0 saturated heterocycles. The number of nitrogens with zero attached hydrogens (tertiary/aromatic N) is 2. The van der Waals surface area contributed by atoms with Gasteiger partial charge in [0.2, 0.25) is 5.91 Å². The highest BCUT2D eigenvalue weighted by Gasteiger charge is 2.42. The fourth-order valence-electron chi connectivity index (χ4n) is 3.01. The third-order valence-corrected chi connectivity index (χ3v) is 4.89. The average molecular weight is 460 g/mol. The van der Waals surface area contributed by atoms with Crippen molar-refractivity contribution < 1.29 is 37.0 Å². The third kappa shape index (κ3) is 4.98. The Morgan fingerprint density at radius 2 is 1.68 bits per heavy atom. The predicted octanol–water partition coefficient (Wildman–Crippen LogP) is 3.64. The number of anilines is 1. The Morgan fingerprint density at radius 1 is 1.13 bits per heavy atom. The van der Waals surface area contributed by atoms with E-state index in [2.05, 4.69) is 19.9 Å². The van der Waals surface area contributed by atoms with Gasteiger partial charge in [-0.15, -0.1) is 0 Å². The molecule has 0 atom stereocenters. The van der Waals surface area contributed by atoms with Gasteiger partial charge in [0.05, 0.1) is 36.1 Å². The molecule has 8 nitrogen and oxygen atoms in total. The molecule has 0 spiro atoms. The zero-order valence-electron chi connectivity index (χ0n) is 16.4. The SMILES string of the molecule is COC(=O)c1cc(NC(=O)Cn2nc(C(F)(F)F)c(Cl)c2C2CC2)cc(C(=O)OC)c1. The van der Waals surface area contributed by atoms with Crippen LogP contribution in [0.5, 0.6) is 0 Å². The van der Waals surface area contributed by atoms with Crippen molar-refractivity contribution >= 4 is 35.1 Å². The molecular weight excluding hydrogens is 443 g/mol. The molecule has 0 radical (unpaired) electrons. The van der Waals surface area contributed by atoms with E-state index in [9.17, 15) is 27.6 Å². The van der Waals surface area contributed by atoms with Crippen LogP contribution in [-0.2, 0) is 27.0 Å². The monoisotopic (exact) mass is 459 g/mol. The van der Waals surface area contributed by atoms with Crippen LogP contribution in [0, 0.1) is 0 Å². The predicted molar refractivity (Wildman–Crippen MR) is 102 cm³/mol. The molecule has 0 unspecified atom stereocenters. The maximum Gasteiger partial charge on any atom is 0.436 e. The summed E-state index contributed by atoms with van der Waals surface area (Å²) in [5, 5.41) is 5.43. The number of esters is 2. The van der Waals surface area contributed by atoms with E-state index < -0.39 is 41.3 Å². The minimum absolute atomic E-state index is 0.0270. The number of aromatic nitrogens is 2. The zero-order chi connectivity index (χ0) is 22.9. The number of methoxy groups -OCH3 is 2. The summed E-state index contributed by atoms with van der Waals surface area (Å²) in [5.74, 6) is -2.44. The smallest absolute Gasteiger partial charge is 0.436 e. The van der Waals surface area contributed by atoms with E-state index in [0.717, 1.165) is 18.9 Å². The average Bonchev–Trinajstić information content (AvgIpc) is 3.48. The van der Waals surface area contributed by atoms with E-state index >= 15 is 0 Å². The van der Waals surface area contributed by atoms with Crippen molar-refractivity contribution in [1.82, 2.24) is 9.78 Å². The van der Waals surface area contributed by atoms with Crippen LogP contribution >= 0.6 is 11.6 Å². The minimum atomic E-state index is -4.76. The van der Waals surface area contributed by atoms with Crippen LogP contribution in [0.2, 0.25) is 5.02 Å². The lowest BCUT2D eigenvalue weighted by Gasteiger charge is -2.11. The molecule has 1 N–H and O–H groups in total. The van der Waals surface area contributed by atoms with E-state index in [1.807, 2.05) is 0 Å². The van der Waals surface area contributed by atoms with Crippen LogP contribution < -0.4 is 5.32 Å². The van der Waals surface area contributed by atoms with Crippen molar-refractivity contribution in [1.29, 1.82) is 0 Å². The molecule has 31 heavy (non-hydrogen) atoms. The molecule has 1 heterocycles. The van der Waals surface area contributed by atoms with Gasteiger partial charge < -0.3 is 14.8 Å². The molecule has 1 saturated carbocycles. The Balaban J connectivity index is 1.87. The second-order valence-corrected chi connectivity index (χ2v) is 7.19. The number of carbonyl (C=O) groups excluding carboxylic acids is 3. The van der Waals surface area contributed by atoms with Crippen molar-refractivity contribution in [3.05, 3.63) is 45.7 Å². The maximum absolute atomic E-state index is 13.2. The molecule has 1 amide bonds. The number of carbonyl (C=O) groups is 3. The summed E-state index contributed by atoms with van der Waals surface area (Å²) in [6.45, 7) is -0.544. The Hall–Kier alpha value is -3.08. The van der Waals surface area contributed by atoms with E-state index in [4.69, 9.17) is 11.6 Å². The van der Waals surface area contributed by atoms with Crippen molar-refractivity contribution in [2.75, 3.05) is 19.5 Å². The maximum atomic E-state index is 13.2. The Morgan fingerprint density at radius 3 is 2.13 bits per heavy atom. The first-order valence-electron chi connectivity index (χ1n) is 9.00. The summed E-state index contributed by atoms with van der Waals surface area (Å²) in [7, 11) is 2.29. The van der Waals surface area contributed by atoms with Crippen molar-refractivity contribution in [2.45, 2.75) is 31.5 Å². The number of rotatable bonds is 6. The lowest BCUT2D eigenvalue weighted by molar-refractivity contribution is -0.141. The molecule has 12 heteroatoms. The van der Waals surface area contributed by atoms with Crippen molar-refractivity contribution in [2.24, 2.45) is 0 Å². The fraction of sp³-hybridized carbons (Fsp3) is 0.368. The van der Waals surface area contributed by atoms with Gasteiger partial charge in [-0.2, -0.15) is 18.3 Å². The van der Waals surface area contributed by atoms with Gasteiger partial charge in [-0.25, -0.2) is 9.59 Å². The standard InChI is InChI=1S/C19H17ClF3N3O5/c1-30-17(28)10-5-11(18(29)31-2)7-12(6-10)24-13(27)8-26-15(9-3-4-9)14(20)16(25-26)19(21,22)23/h5-7,9H,3-4,8H2,1-2H3,(H,24,27). The van der Waals surface area contributed by atoms with Gasteiger partial charge in [0.1, 0.15) is 6.54 Å². The highest BCUT2D eigenvalue weighted by atomic mass is 35.5. The molecule has 1 fully saturated rings. The topological polar surface area (TPSA) is 99.5 Å². The third-order valence-electron chi connectivity index (χ3n) is 4.52. The molecule has 3 rings (SSSR count). The first kappa shape index (κ1) is 22.6. The van der Waals surface area contributed by atoms with Crippen molar-refractivity contribution in [3.8, 4) is 0 Å². The van der Waals surface area contributed by atoms with Gasteiger partial charge >= 0.3 is 18.1 Å². The molecule has 1 aliphatic rings. The molecule has 166 valence electrons. The lowest BCUT2D eigenvalue weighted by atomic mass is 10.1. The molecule has 2 aromatic rings. The first-order valence-corrected chi connectivity index (χ1v) is 9.38. The van der Waals surface area contributed by atoms with Crippen LogP contribution in [0.4, 0.5) is 18.9 Å². The molecule has 1 aliphatic carbocycles. The number of benzene rings is 1. The highest BCUT2D eigenvalue weighted by molar-refractivity contribution is 6.32. The number of hydrogen-bond donors (Lipinski definition) is 1. The normalized spacial score (nSPS) is 13.6. The van der Waals surface area contributed by atoms with E-state index in [1.54, 1.807) is 0 Å². The van der Waals surface area contributed by atoms with Crippen molar-refractivity contribution in [3.63, 3.8) is 0 Å². The largest absolute Gasteiger partial charge is 0.465 e. The highest BCUT2D eigenvalue weighted by Crippen LogP contribution is 2.46. The van der Waals surface area contributed by atoms with Gasteiger partial charge in [-0.05, 0) is 31.0 Å². The van der Waals surface area contributed by atoms with Gasteiger partial charge in [-0.1, -0.05) is 11.6 Å². The van der Waals surface area contributed by atoms with Gasteiger partial charge in [0.15, 0.2) is 5.69 Å². The number of halogens is 4. The molecule has 0 bridgehead atoms. The van der Waals surface area contributed by atoms with Crippen LogP contribution in [0.15, 0.2) is 18.2 Å². The Labute approximate surface area is 179 Å². The second-order valence-electron chi connectivity index (χ2n) is 6.81. The van der Waals surface area contributed by atoms with Crippen LogP contribution in [0.3, 0.4) is 0 Å². The summed E-state index contributed by atoms with van der Waals surface area (Å²) < 4.78 is 49.7. The lowest BCUT2D eigenvalue weighted by Crippen LogP contribution is -2.22. The summed E-state index contributed by atoms with van der Waals surface area (Å²) in [4.78, 5) is 36.2. The minimum Gasteiger partial charge on any atom is -0.465 e. The molecule has 1 aromatic carbocycles. The summed E-state index contributed by atoms with van der Waals surface area (Å²) in [5.41, 5.74) is -1.09. The van der Waals surface area contributed by atoms with Gasteiger partial charge in [0.25, 0.3) is 0 Å². The Kier molecular flexibility index (Phi) is 6.25. The van der Waals surface area contributed by atoms with Crippen LogP contribution in [0.25, 0.3) is 0 Å². The number of alkyl halides is 3. The molecule has 0 aliphatic heterocycles. The van der Waals surface area contributed by atoms with Crippen LogP contribution in [-0.4, -0.2) is 41.8 Å². The van der Waals surface area contributed by atoms with Gasteiger partial charge in [-0.3, -0.25) is 9.48 Å². The number of hydrogen-bond acceptors (Lipinski definition) is 6. The van der Waals surface area contributed by atoms with Gasteiger partial charge in [0, 0.05) is 11.6 Å². The van der Waals surface area contributed by atoms with E-state index in [1.165, 1.54) is 18.2 Å². The zero-order valence-corrected chi connectivity index (χ0v) is 17.1. The molecular formula is C19H17ClF3N3O5. The summed E-state index contributed by atoms with van der Waals surface area (Å²) >= 11 is 5.90. The summed E-state index contributed by atoms with van der Waals surface area (Å²) in [6, 6.07) is 3.74. The fourth-order valence-corrected chi connectivity index (χ4v) is 3.41. The van der Waals surface area contributed by atoms with E-state index in [-0.39, 0.29) is 28.4 Å². The second kappa shape index (κ2) is 8.58. The Bertz CT molecular complexity index is 1010. The summed E-state index contributed by atoms with van der Waals surface area (Å²) in [6.07, 6.45) is -3.46. The number of nitrogens with one attached hydrogen (secondary N) is 1. The van der Waals surface area contributed by atoms with Crippen LogP contribution in [0.1, 0.15) is 50.9 Å². The quantitative estimate of drug-likeness (QED) is 0.662. The van der Waals surface area contributed by atoms with E-state index in [0.29, 0.717) is 12.8 Å². The first-order chi connectivity index (χ1) is 14.5.